The molecule has 4 rings (SSSR count). The summed E-state index contributed by atoms with van der Waals surface area (Å²) in [6, 6.07) is 26.2. The van der Waals surface area contributed by atoms with Crippen LogP contribution in [0.2, 0.25) is 0 Å². The molecule has 6 heteroatoms. The molecular formula is C27H22Br2N2O2. The highest BCUT2D eigenvalue weighted by molar-refractivity contribution is 9.11. The Hall–Kier alpha value is -2.96. The first kappa shape index (κ1) is 23.2. The van der Waals surface area contributed by atoms with Crippen molar-refractivity contribution in [1.29, 1.82) is 0 Å². The van der Waals surface area contributed by atoms with Gasteiger partial charge >= 0.3 is 0 Å². The lowest BCUT2D eigenvalue weighted by molar-refractivity contribution is -0.120. The normalized spacial score (nSPS) is 11.1. The third-order valence-electron chi connectivity index (χ3n) is 5.16. The van der Waals surface area contributed by atoms with Gasteiger partial charge in [-0.1, -0.05) is 72.3 Å². The molecule has 0 saturated heterocycles. The molecule has 0 saturated carbocycles. The van der Waals surface area contributed by atoms with Crippen molar-refractivity contribution < 1.29 is 9.53 Å². The molecule has 0 aromatic heterocycles. The topological polar surface area (TPSA) is 50.7 Å². The summed E-state index contributed by atoms with van der Waals surface area (Å²) in [4.78, 5) is 12.1. The predicted molar refractivity (Wildman–Crippen MR) is 141 cm³/mol. The molecule has 1 amide bonds. The van der Waals surface area contributed by atoms with Gasteiger partial charge in [0.25, 0.3) is 0 Å². The van der Waals surface area contributed by atoms with Crippen LogP contribution in [0.5, 0.6) is 5.75 Å². The first-order chi connectivity index (χ1) is 16.0. The minimum Gasteiger partial charge on any atom is -0.487 e. The Morgan fingerprint density at radius 2 is 1.67 bits per heavy atom. The van der Waals surface area contributed by atoms with E-state index in [0.29, 0.717) is 12.4 Å². The lowest BCUT2D eigenvalue weighted by atomic mass is 10.1. The fourth-order valence-electron chi connectivity index (χ4n) is 3.47. The van der Waals surface area contributed by atoms with Crippen molar-refractivity contribution in [3.8, 4) is 5.75 Å². The number of amides is 1. The zero-order valence-corrected chi connectivity index (χ0v) is 21.2. The van der Waals surface area contributed by atoms with Crippen LogP contribution in [0, 0.1) is 6.92 Å². The highest BCUT2D eigenvalue weighted by Crippen LogP contribution is 2.35. The molecule has 1 N–H and O–H groups in total. The molecule has 33 heavy (non-hydrogen) atoms. The maximum atomic E-state index is 12.1. The number of fused-ring (bicyclic) bond motifs is 1. The minimum atomic E-state index is -0.164. The number of nitrogens with zero attached hydrogens (tertiary/aromatic N) is 1. The van der Waals surface area contributed by atoms with Gasteiger partial charge in [-0.05, 0) is 78.4 Å². The minimum absolute atomic E-state index is 0.164. The van der Waals surface area contributed by atoms with Gasteiger partial charge in [-0.3, -0.25) is 4.79 Å². The second-order valence-corrected chi connectivity index (χ2v) is 9.40. The average molecular weight is 566 g/mol. The monoisotopic (exact) mass is 564 g/mol. The first-order valence-corrected chi connectivity index (χ1v) is 12.0. The van der Waals surface area contributed by atoms with Crippen LogP contribution in [0.25, 0.3) is 10.8 Å². The number of halogens is 2. The number of hydrogen-bond acceptors (Lipinski definition) is 3. The summed E-state index contributed by atoms with van der Waals surface area (Å²) in [7, 11) is 0. The van der Waals surface area contributed by atoms with Gasteiger partial charge in [0, 0.05) is 0 Å². The van der Waals surface area contributed by atoms with E-state index < -0.39 is 0 Å². The number of ether oxygens (including phenoxy) is 1. The van der Waals surface area contributed by atoms with Crippen molar-refractivity contribution >= 4 is 54.8 Å². The van der Waals surface area contributed by atoms with Gasteiger partial charge < -0.3 is 4.74 Å². The Morgan fingerprint density at radius 3 is 2.42 bits per heavy atom. The first-order valence-electron chi connectivity index (χ1n) is 10.5. The number of aryl methyl sites for hydroxylation is 1. The van der Waals surface area contributed by atoms with Crippen LogP contribution in [-0.2, 0) is 17.8 Å². The molecule has 0 atom stereocenters. The molecular weight excluding hydrogens is 544 g/mol. The summed E-state index contributed by atoms with van der Waals surface area (Å²) in [6.07, 6.45) is 1.89. The summed E-state index contributed by atoms with van der Waals surface area (Å²) in [6.45, 7) is 2.46. The van der Waals surface area contributed by atoms with Crippen molar-refractivity contribution in [3.63, 3.8) is 0 Å². The number of carbonyl (C=O) groups is 1. The van der Waals surface area contributed by atoms with E-state index in [1.807, 2.05) is 61.5 Å². The third-order valence-corrected chi connectivity index (χ3v) is 6.34. The van der Waals surface area contributed by atoms with Crippen molar-refractivity contribution in [3.05, 3.63) is 110 Å². The highest BCUT2D eigenvalue weighted by atomic mass is 79.9. The average Bonchev–Trinajstić information content (AvgIpc) is 2.80. The van der Waals surface area contributed by atoms with Crippen LogP contribution in [0.1, 0.15) is 22.3 Å². The standard InChI is InChI=1S/C27H22Br2N2O2/c1-18-9-11-19(12-10-18)15-26(32)31-30-16-20-13-24(28)27(25(29)14-20)33-17-22-7-4-6-21-5-2-3-8-23(21)22/h2-14,16H,15,17H2,1H3,(H,31,32)/b30-16+. The van der Waals surface area contributed by atoms with Gasteiger partial charge in [-0.15, -0.1) is 0 Å². The van der Waals surface area contributed by atoms with E-state index in [-0.39, 0.29) is 12.3 Å². The van der Waals surface area contributed by atoms with Gasteiger partial charge in [-0.25, -0.2) is 5.43 Å². The van der Waals surface area contributed by atoms with Crippen LogP contribution in [-0.4, -0.2) is 12.1 Å². The van der Waals surface area contributed by atoms with E-state index in [1.54, 1.807) is 6.21 Å². The van der Waals surface area contributed by atoms with Gasteiger partial charge in [-0.2, -0.15) is 5.10 Å². The molecule has 0 unspecified atom stereocenters. The van der Waals surface area contributed by atoms with Crippen LogP contribution < -0.4 is 10.2 Å². The predicted octanol–water partition coefficient (Wildman–Crippen LogP) is 6.95. The summed E-state index contributed by atoms with van der Waals surface area (Å²) in [5, 5.41) is 6.45. The molecule has 4 aromatic rings. The molecule has 0 fully saturated rings. The zero-order valence-electron chi connectivity index (χ0n) is 18.0. The van der Waals surface area contributed by atoms with Crippen LogP contribution in [0.4, 0.5) is 0 Å². The van der Waals surface area contributed by atoms with Gasteiger partial charge in [0.15, 0.2) is 0 Å². The lowest BCUT2D eigenvalue weighted by Crippen LogP contribution is -2.19. The highest BCUT2D eigenvalue weighted by Gasteiger charge is 2.10. The summed E-state index contributed by atoms with van der Waals surface area (Å²) >= 11 is 7.18. The maximum Gasteiger partial charge on any atom is 0.244 e. The summed E-state index contributed by atoms with van der Waals surface area (Å²) in [5.41, 5.74) is 6.64. The van der Waals surface area contributed by atoms with E-state index in [1.165, 1.54) is 10.8 Å². The maximum absolute atomic E-state index is 12.1. The van der Waals surface area contributed by atoms with E-state index in [4.69, 9.17) is 4.74 Å². The third kappa shape index (κ3) is 6.09. The molecule has 0 heterocycles. The lowest BCUT2D eigenvalue weighted by Gasteiger charge is -2.13. The van der Waals surface area contributed by atoms with Crippen molar-refractivity contribution in [2.75, 3.05) is 0 Å². The SMILES string of the molecule is Cc1ccc(CC(=O)N/N=C/c2cc(Br)c(OCc3cccc4ccccc34)c(Br)c2)cc1. The molecule has 0 aliphatic carbocycles. The Labute approximate surface area is 209 Å². The van der Waals surface area contributed by atoms with E-state index in [0.717, 1.165) is 31.2 Å². The fourth-order valence-corrected chi connectivity index (χ4v) is 4.92. The fraction of sp³-hybridized carbons (Fsp3) is 0.111. The Balaban J connectivity index is 1.39. The largest absolute Gasteiger partial charge is 0.487 e. The van der Waals surface area contributed by atoms with Gasteiger partial charge in [0.1, 0.15) is 12.4 Å². The molecule has 4 nitrogen and oxygen atoms in total. The Morgan fingerprint density at radius 1 is 0.970 bits per heavy atom. The molecule has 0 bridgehead atoms. The molecule has 0 aliphatic rings. The van der Waals surface area contributed by atoms with Crippen molar-refractivity contribution in [1.82, 2.24) is 5.43 Å². The molecule has 4 aromatic carbocycles. The molecule has 0 aliphatic heterocycles. The molecule has 166 valence electrons. The number of hydrogen-bond donors (Lipinski definition) is 1. The summed E-state index contributed by atoms with van der Waals surface area (Å²) < 4.78 is 7.72. The van der Waals surface area contributed by atoms with Crippen LogP contribution in [0.15, 0.2) is 92.9 Å². The second-order valence-electron chi connectivity index (χ2n) is 7.70. The number of hydrazone groups is 1. The summed E-state index contributed by atoms with van der Waals surface area (Å²) in [5.74, 6) is 0.548. The molecule has 0 spiro atoms. The smallest absolute Gasteiger partial charge is 0.244 e. The zero-order chi connectivity index (χ0) is 23.2. The van der Waals surface area contributed by atoms with Crippen molar-refractivity contribution in [2.24, 2.45) is 5.10 Å². The Kier molecular flexibility index (Phi) is 7.57. The van der Waals surface area contributed by atoms with Gasteiger partial charge in [0.2, 0.25) is 5.91 Å². The van der Waals surface area contributed by atoms with Crippen molar-refractivity contribution in [2.45, 2.75) is 20.0 Å². The van der Waals surface area contributed by atoms with E-state index >= 15 is 0 Å². The van der Waals surface area contributed by atoms with Crippen LogP contribution >= 0.6 is 31.9 Å². The number of benzene rings is 4. The molecule has 0 radical (unpaired) electrons. The van der Waals surface area contributed by atoms with Crippen LogP contribution in [0.3, 0.4) is 0 Å². The number of carbonyl (C=O) groups excluding carboxylic acids is 1. The van der Waals surface area contributed by atoms with Gasteiger partial charge in [0.05, 0.1) is 21.6 Å². The quantitative estimate of drug-likeness (QED) is 0.195. The van der Waals surface area contributed by atoms with E-state index in [9.17, 15) is 4.79 Å². The Bertz CT molecular complexity index is 1290. The second kappa shape index (κ2) is 10.8. The van der Waals surface area contributed by atoms with E-state index in [2.05, 4.69) is 66.7 Å². The number of nitrogens with one attached hydrogen (secondary N) is 1. The number of rotatable bonds is 7.